The second-order valence-corrected chi connectivity index (χ2v) is 21.7. The number of aromatic amines is 1. The van der Waals surface area contributed by atoms with E-state index < -0.39 is 86.3 Å². The number of likely N-dealkylation sites (tertiary alicyclic amines) is 1. The number of sulfonamides is 1. The lowest BCUT2D eigenvalue weighted by Gasteiger charge is -2.36. The third-order valence-electron chi connectivity index (χ3n) is 14.2. The Labute approximate surface area is 354 Å². The molecule has 4 aliphatic carbocycles. The van der Waals surface area contributed by atoms with Crippen LogP contribution in [0.3, 0.4) is 0 Å². The number of nitriles is 1. The van der Waals surface area contributed by atoms with Gasteiger partial charge in [-0.25, -0.2) is 27.0 Å². The Morgan fingerprint density at radius 2 is 1.85 bits per heavy atom. The highest BCUT2D eigenvalue weighted by molar-refractivity contribution is 7.91. The van der Waals surface area contributed by atoms with Crippen LogP contribution in [0.5, 0.6) is 0 Å². The average Bonchev–Trinajstić information content (AvgIpc) is 4.06. The molecule has 2 aromatic rings. The zero-order valence-corrected chi connectivity index (χ0v) is 36.2. The number of aromatic nitrogens is 2. The molecule has 2 heterocycles. The van der Waals surface area contributed by atoms with Crippen LogP contribution in [0.1, 0.15) is 117 Å². The highest BCUT2D eigenvalue weighted by Crippen LogP contribution is 2.53. The van der Waals surface area contributed by atoms with Gasteiger partial charge < -0.3 is 25.3 Å². The Hall–Kier alpha value is -4.66. The fraction of sp³-hybridized carbons (Fsp3) is 0.698. The van der Waals surface area contributed by atoms with Gasteiger partial charge in [-0.15, -0.1) is 0 Å². The van der Waals surface area contributed by atoms with Gasteiger partial charge in [0.05, 0.1) is 33.3 Å². The molecule has 2 unspecified atom stereocenters. The summed E-state index contributed by atoms with van der Waals surface area (Å²) in [6, 6.07) is 4.75. The number of nitrogens with zero attached hydrogens (tertiary/aromatic N) is 3. The molecule has 9 atom stereocenters. The molecule has 4 saturated carbocycles. The van der Waals surface area contributed by atoms with E-state index in [2.05, 4.69) is 26.7 Å². The Morgan fingerprint density at radius 1 is 1.11 bits per heavy atom. The molecule has 4 N–H and O–H groups in total. The lowest BCUT2D eigenvalue weighted by atomic mass is 9.71. The van der Waals surface area contributed by atoms with Crippen molar-refractivity contribution in [3.8, 4) is 6.07 Å². The predicted octanol–water partition coefficient (Wildman–Crippen LogP) is 4.83. The van der Waals surface area contributed by atoms with Crippen LogP contribution < -0.4 is 20.9 Å². The molecule has 18 heteroatoms. The van der Waals surface area contributed by atoms with E-state index in [0.29, 0.717) is 59.8 Å². The van der Waals surface area contributed by atoms with E-state index in [1.54, 1.807) is 45.9 Å². The van der Waals surface area contributed by atoms with Gasteiger partial charge >= 0.3 is 6.09 Å². The molecule has 332 valence electrons. The number of nitrogens with one attached hydrogen (secondary N) is 4. The van der Waals surface area contributed by atoms with Crippen LogP contribution in [-0.2, 0) is 35.6 Å². The summed E-state index contributed by atoms with van der Waals surface area (Å²) in [7, 11) is -4.18. The molecule has 4 amide bonds. The van der Waals surface area contributed by atoms with Crippen LogP contribution in [0.15, 0.2) is 23.0 Å². The summed E-state index contributed by atoms with van der Waals surface area (Å²) in [5, 5.41) is 14.4. The van der Waals surface area contributed by atoms with E-state index in [4.69, 9.17) is 10.00 Å². The van der Waals surface area contributed by atoms with Crippen molar-refractivity contribution in [3.63, 3.8) is 0 Å². The van der Waals surface area contributed by atoms with Gasteiger partial charge in [-0.2, -0.15) is 5.26 Å². The number of carbonyl (C=O) groups is 4. The number of alkyl carbamates (subject to hydrolysis) is 1. The van der Waals surface area contributed by atoms with Crippen LogP contribution >= 0.6 is 0 Å². The van der Waals surface area contributed by atoms with Crippen LogP contribution in [-0.4, -0.2) is 88.5 Å². The van der Waals surface area contributed by atoms with Crippen LogP contribution in [0.2, 0.25) is 0 Å². The van der Waals surface area contributed by atoms with E-state index in [9.17, 15) is 41.2 Å². The minimum atomic E-state index is -4.18. The molecule has 0 bridgehead atoms. The number of halogens is 2. The fourth-order valence-corrected chi connectivity index (χ4v) is 11.1. The van der Waals surface area contributed by atoms with Crippen molar-refractivity contribution >= 4 is 44.9 Å². The number of fused-ring (bicyclic) bond motifs is 2. The van der Waals surface area contributed by atoms with Gasteiger partial charge in [0.2, 0.25) is 28.3 Å². The minimum Gasteiger partial charge on any atom is -0.446 e. The molecular formula is C43H57F2N7O8S. The first-order chi connectivity index (χ1) is 28.7. The largest absolute Gasteiger partial charge is 0.446 e. The van der Waals surface area contributed by atoms with Crippen molar-refractivity contribution in [2.24, 2.45) is 35.0 Å². The summed E-state index contributed by atoms with van der Waals surface area (Å²) in [6.07, 6.45) is 3.08. The molecule has 0 radical (unpaired) electrons. The number of unbranched alkanes of at least 4 members (excludes halogenated alkanes) is 2. The Bertz CT molecular complexity index is 2290. The number of amides is 4. The summed E-state index contributed by atoms with van der Waals surface area (Å²) in [5.41, 5.74) is -1.24. The summed E-state index contributed by atoms with van der Waals surface area (Å²) in [4.78, 5) is 76.7. The molecular weight excluding hydrogens is 813 g/mol. The van der Waals surface area contributed by atoms with E-state index in [0.717, 1.165) is 44.9 Å². The quantitative estimate of drug-likeness (QED) is 0.179. The zero-order valence-electron chi connectivity index (χ0n) is 35.4. The molecule has 1 saturated heterocycles. The zero-order chi connectivity index (χ0) is 44.2. The topological polar surface area (TPSA) is 221 Å². The number of aryl methyl sites for hydroxylation is 1. The lowest BCUT2D eigenvalue weighted by Crippen LogP contribution is -2.61. The van der Waals surface area contributed by atoms with E-state index >= 15 is 0 Å². The smallest absolute Gasteiger partial charge is 0.408 e. The monoisotopic (exact) mass is 869 g/mol. The standard InChI is InChI=1S/C43H57F2N7O8S/c1-23-15-18-52(33(23)37(54)50-43(21-28(43)35(44)45)39(56)51-61(58,59)42(5)16-17-42)38(55)34(41(2,3)4)49-40(57)60-32-20-25-12-13-26(25)27(32)9-7-6-8-10-30-36(53)48-31-19-24(22-46)11-14-29(31)47-30/h11,14,19,23,25-28,32-35H,6-10,12-13,15-18,20-21H2,1-5H3,(H,48,53)(H,49,57)(H,50,54)(H,51,56)/t23-,25+,26+,27-,28+,32?,33+,34-,43?/m1/s1. The number of carbonyl (C=O) groups excluding carboxylic acids is 4. The third kappa shape index (κ3) is 8.86. The van der Waals surface area contributed by atoms with Gasteiger partial charge in [-0.1, -0.05) is 40.5 Å². The second-order valence-electron chi connectivity index (χ2n) is 19.5. The van der Waals surface area contributed by atoms with Crippen molar-refractivity contribution in [1.82, 2.24) is 30.2 Å². The first-order valence-corrected chi connectivity index (χ1v) is 23.0. The summed E-state index contributed by atoms with van der Waals surface area (Å²) >= 11 is 0. The normalized spacial score (nSPS) is 29.2. The van der Waals surface area contributed by atoms with Crippen LogP contribution in [0, 0.1) is 46.3 Å². The van der Waals surface area contributed by atoms with Crippen molar-refractivity contribution in [2.75, 3.05) is 6.54 Å². The maximum Gasteiger partial charge on any atom is 0.408 e. The molecule has 5 fully saturated rings. The van der Waals surface area contributed by atoms with Crippen LogP contribution in [0.4, 0.5) is 13.6 Å². The number of hydrogen-bond donors (Lipinski definition) is 4. The average molecular weight is 870 g/mol. The number of ether oxygens (including phenoxy) is 1. The SMILES string of the molecule is C[C@@H]1CCN(C(=O)[C@@H](NC(=O)OC2C[C@@H]3CC[C@@H]3[C@H]2CCCCCc2nc3ccc(C#N)cc3[nH]c2=O)C(C)(C)C)[C@@H]1C(=O)NC1(C(=O)NS(=O)(=O)C2(C)CC2)C[C@H]1C(F)F. The van der Waals surface area contributed by atoms with E-state index in [-0.39, 0.29) is 24.1 Å². The van der Waals surface area contributed by atoms with Gasteiger partial charge in [-0.3, -0.25) is 23.9 Å². The molecule has 1 aromatic carbocycles. The molecule has 0 spiro atoms. The first-order valence-electron chi connectivity index (χ1n) is 21.6. The fourth-order valence-electron chi connectivity index (χ4n) is 9.77. The van der Waals surface area contributed by atoms with E-state index in [1.165, 1.54) is 11.8 Å². The maximum absolute atomic E-state index is 14.4. The Morgan fingerprint density at radius 3 is 2.48 bits per heavy atom. The van der Waals surface area contributed by atoms with E-state index in [1.807, 2.05) is 4.72 Å². The van der Waals surface area contributed by atoms with Gasteiger partial charge in [-0.05, 0) is 118 Å². The molecule has 1 aromatic heterocycles. The van der Waals surface area contributed by atoms with Crippen LogP contribution in [0.25, 0.3) is 11.0 Å². The second kappa shape index (κ2) is 16.6. The van der Waals surface area contributed by atoms with Gasteiger partial charge in [0.25, 0.3) is 11.5 Å². The Kier molecular flexibility index (Phi) is 12.1. The molecule has 5 aliphatic rings. The van der Waals surface area contributed by atoms with Gasteiger partial charge in [0, 0.05) is 6.54 Å². The third-order valence-corrected chi connectivity index (χ3v) is 16.3. The van der Waals surface area contributed by atoms with Crippen molar-refractivity contribution in [1.29, 1.82) is 5.26 Å². The summed E-state index contributed by atoms with van der Waals surface area (Å²) < 4.78 is 60.6. The Balaban J connectivity index is 0.959. The number of benzene rings is 1. The number of H-pyrrole nitrogens is 1. The van der Waals surface area contributed by atoms with Crippen molar-refractivity contribution in [2.45, 2.75) is 147 Å². The molecule has 7 rings (SSSR count). The molecule has 61 heavy (non-hydrogen) atoms. The predicted molar refractivity (Wildman–Crippen MR) is 219 cm³/mol. The molecule has 1 aliphatic heterocycles. The number of hydrogen-bond acceptors (Lipinski definition) is 10. The lowest BCUT2D eigenvalue weighted by molar-refractivity contribution is -0.143. The number of rotatable bonds is 15. The van der Waals surface area contributed by atoms with Gasteiger partial charge in [0.15, 0.2) is 0 Å². The summed E-state index contributed by atoms with van der Waals surface area (Å²) in [6.45, 7) is 8.63. The van der Waals surface area contributed by atoms with Crippen molar-refractivity contribution in [3.05, 3.63) is 39.8 Å². The minimum absolute atomic E-state index is 0.133. The maximum atomic E-state index is 14.4. The molecule has 15 nitrogen and oxygen atoms in total. The summed E-state index contributed by atoms with van der Waals surface area (Å²) in [5.74, 6) is -3.64. The van der Waals surface area contributed by atoms with Gasteiger partial charge in [0.1, 0.15) is 29.4 Å². The van der Waals surface area contributed by atoms with Crippen molar-refractivity contribution < 1.29 is 41.1 Å². The highest BCUT2D eigenvalue weighted by Gasteiger charge is 2.67. The highest BCUT2D eigenvalue weighted by atomic mass is 32.2. The first kappa shape index (κ1) is 44.4. The number of alkyl halides is 2.